The van der Waals surface area contributed by atoms with Gasteiger partial charge in [0.1, 0.15) is 6.61 Å². The number of aliphatic hydroxyl groups is 1. The van der Waals surface area contributed by atoms with Crippen LogP contribution in [0.1, 0.15) is 44.1 Å². The predicted octanol–water partition coefficient (Wildman–Crippen LogP) is 3.01. The number of piperidine rings is 1. The van der Waals surface area contributed by atoms with E-state index in [4.69, 9.17) is 9.84 Å². The van der Waals surface area contributed by atoms with E-state index in [-0.39, 0.29) is 12.5 Å². The number of thioether (sulfide) groups is 1. The number of carbonyl (C=O) groups is 1. The molecule has 1 aromatic heterocycles. The number of hydrogen-bond acceptors (Lipinski definition) is 6. The molecule has 1 aromatic rings. The largest absolute Gasteiger partial charge is 0.473 e. The number of rotatable bonds is 14. The molecule has 29 heavy (non-hydrogen) atoms. The van der Waals surface area contributed by atoms with Gasteiger partial charge in [0.15, 0.2) is 0 Å². The van der Waals surface area contributed by atoms with E-state index < -0.39 is 0 Å². The quantitative estimate of drug-likeness (QED) is 0.355. The number of pyridine rings is 1. The zero-order valence-corrected chi connectivity index (χ0v) is 18.2. The maximum Gasteiger partial charge on any atom is 0.220 e. The van der Waals surface area contributed by atoms with Gasteiger partial charge in [0.25, 0.3) is 0 Å². The van der Waals surface area contributed by atoms with E-state index in [2.05, 4.69) is 21.3 Å². The van der Waals surface area contributed by atoms with Crippen LogP contribution in [-0.4, -0.2) is 65.3 Å². The van der Waals surface area contributed by atoms with E-state index in [0.717, 1.165) is 30.9 Å². The van der Waals surface area contributed by atoms with Crippen molar-refractivity contribution in [1.29, 1.82) is 0 Å². The van der Waals surface area contributed by atoms with Crippen LogP contribution in [0.5, 0.6) is 5.88 Å². The second-order valence-electron chi connectivity index (χ2n) is 7.22. The molecule has 0 saturated carbocycles. The summed E-state index contributed by atoms with van der Waals surface area (Å²) in [6, 6.07) is 4.07. The number of hydrogen-bond donors (Lipinski definition) is 2. The van der Waals surface area contributed by atoms with E-state index in [0.29, 0.717) is 25.5 Å². The number of aromatic nitrogens is 1. The Bertz CT molecular complexity index is 607. The number of nitrogens with zero attached hydrogens (tertiary/aromatic N) is 2. The Kier molecular flexibility index (Phi) is 12.5. The molecular formula is C22H35N3O3S. The number of nitrogens with one attached hydrogen (secondary N) is 1. The van der Waals surface area contributed by atoms with Crippen LogP contribution in [0.25, 0.3) is 0 Å². The Labute approximate surface area is 179 Å². The molecule has 0 atom stereocenters. The van der Waals surface area contributed by atoms with Gasteiger partial charge in [0, 0.05) is 37.5 Å². The van der Waals surface area contributed by atoms with Crippen LogP contribution in [0.4, 0.5) is 0 Å². The standard InChI is InChI=1S/C22H35N3O3S/c26-14-17-29-16-7-2-8-21(27)23-10-3-6-15-28-22-18-20(9-11-24-22)19-25-12-4-1-5-13-25/h3,6,9,11,18,26H,1-2,4-5,7-8,10,12-17,19H2,(H,23,27)/b6-3-. The first-order chi connectivity index (χ1) is 14.3. The van der Waals surface area contributed by atoms with E-state index >= 15 is 0 Å². The van der Waals surface area contributed by atoms with Crippen LogP contribution in [-0.2, 0) is 11.3 Å². The summed E-state index contributed by atoms with van der Waals surface area (Å²) >= 11 is 1.73. The highest BCUT2D eigenvalue weighted by atomic mass is 32.2. The summed E-state index contributed by atoms with van der Waals surface area (Å²) in [6.07, 6.45) is 12.0. The van der Waals surface area contributed by atoms with Crippen molar-refractivity contribution in [3.8, 4) is 5.88 Å². The monoisotopic (exact) mass is 421 g/mol. The van der Waals surface area contributed by atoms with E-state index in [1.165, 1.54) is 37.9 Å². The molecule has 0 radical (unpaired) electrons. The fraction of sp³-hybridized carbons (Fsp3) is 0.636. The first-order valence-electron chi connectivity index (χ1n) is 10.7. The summed E-state index contributed by atoms with van der Waals surface area (Å²) in [4.78, 5) is 18.5. The van der Waals surface area contributed by atoms with E-state index in [9.17, 15) is 4.79 Å². The minimum absolute atomic E-state index is 0.0785. The molecule has 1 amide bonds. The summed E-state index contributed by atoms with van der Waals surface area (Å²) in [7, 11) is 0. The summed E-state index contributed by atoms with van der Waals surface area (Å²) in [5.74, 6) is 2.50. The average molecular weight is 422 g/mol. The highest BCUT2D eigenvalue weighted by Gasteiger charge is 2.10. The number of ether oxygens (including phenoxy) is 1. The van der Waals surface area contributed by atoms with Crippen LogP contribution in [0.3, 0.4) is 0 Å². The lowest BCUT2D eigenvalue weighted by molar-refractivity contribution is -0.120. The summed E-state index contributed by atoms with van der Waals surface area (Å²) in [5, 5.41) is 11.6. The topological polar surface area (TPSA) is 74.7 Å². The zero-order chi connectivity index (χ0) is 20.6. The molecular weight excluding hydrogens is 386 g/mol. The third kappa shape index (κ3) is 11.3. The molecule has 2 N–H and O–H groups in total. The van der Waals surface area contributed by atoms with Crippen molar-refractivity contribution in [2.45, 2.75) is 45.1 Å². The maximum absolute atomic E-state index is 11.8. The average Bonchev–Trinajstić information content (AvgIpc) is 2.74. The van der Waals surface area contributed by atoms with E-state index in [1.54, 1.807) is 18.0 Å². The van der Waals surface area contributed by atoms with E-state index in [1.807, 2.05) is 18.2 Å². The normalized spacial score (nSPS) is 14.9. The molecule has 1 fully saturated rings. The van der Waals surface area contributed by atoms with Crippen molar-refractivity contribution in [3.63, 3.8) is 0 Å². The van der Waals surface area contributed by atoms with Gasteiger partial charge in [-0.3, -0.25) is 9.69 Å². The number of amides is 1. The van der Waals surface area contributed by atoms with Gasteiger partial charge in [-0.05, 0) is 62.2 Å². The minimum atomic E-state index is 0.0785. The van der Waals surface area contributed by atoms with Crippen molar-refractivity contribution in [3.05, 3.63) is 36.0 Å². The van der Waals surface area contributed by atoms with Gasteiger partial charge in [-0.1, -0.05) is 12.5 Å². The first kappa shape index (κ1) is 23.7. The molecule has 0 spiro atoms. The fourth-order valence-corrected chi connectivity index (χ4v) is 3.95. The smallest absolute Gasteiger partial charge is 0.220 e. The van der Waals surface area contributed by atoms with Crippen molar-refractivity contribution in [1.82, 2.24) is 15.2 Å². The molecule has 0 aromatic carbocycles. The molecule has 1 saturated heterocycles. The number of unbranched alkanes of at least 4 members (excludes halogenated alkanes) is 1. The Balaban J connectivity index is 1.54. The number of aliphatic hydroxyl groups excluding tert-OH is 1. The molecule has 1 aliphatic heterocycles. The van der Waals surface area contributed by atoms with Gasteiger partial charge in [-0.2, -0.15) is 11.8 Å². The molecule has 1 aliphatic rings. The summed E-state index contributed by atoms with van der Waals surface area (Å²) < 4.78 is 5.71. The van der Waals surface area contributed by atoms with Gasteiger partial charge in [-0.15, -0.1) is 0 Å². The molecule has 7 heteroatoms. The molecule has 2 rings (SSSR count). The minimum Gasteiger partial charge on any atom is -0.473 e. The second-order valence-corrected chi connectivity index (χ2v) is 8.44. The molecule has 162 valence electrons. The molecule has 0 bridgehead atoms. The summed E-state index contributed by atoms with van der Waals surface area (Å²) in [6.45, 7) is 4.50. The van der Waals surface area contributed by atoms with Gasteiger partial charge in [0.2, 0.25) is 11.8 Å². The number of carbonyl (C=O) groups excluding carboxylic acids is 1. The third-order valence-electron chi connectivity index (χ3n) is 4.74. The van der Waals surface area contributed by atoms with Crippen molar-refractivity contribution < 1.29 is 14.6 Å². The highest BCUT2D eigenvalue weighted by molar-refractivity contribution is 7.99. The lowest BCUT2D eigenvalue weighted by Gasteiger charge is -2.26. The fourth-order valence-electron chi connectivity index (χ4n) is 3.21. The Morgan fingerprint density at radius 3 is 2.93 bits per heavy atom. The second kappa shape index (κ2) is 15.3. The molecule has 6 nitrogen and oxygen atoms in total. The Morgan fingerprint density at radius 2 is 2.10 bits per heavy atom. The molecule has 0 unspecified atom stereocenters. The van der Waals surface area contributed by atoms with Crippen LogP contribution in [0.15, 0.2) is 30.5 Å². The lowest BCUT2D eigenvalue weighted by Crippen LogP contribution is -2.29. The van der Waals surface area contributed by atoms with Crippen molar-refractivity contribution in [2.24, 2.45) is 0 Å². The van der Waals surface area contributed by atoms with Crippen LogP contribution >= 0.6 is 11.8 Å². The SMILES string of the molecule is O=C(CCCCSCCO)NC/C=C\COc1cc(CN2CCCCC2)ccn1. The highest BCUT2D eigenvalue weighted by Crippen LogP contribution is 2.15. The van der Waals surface area contributed by atoms with Gasteiger partial charge < -0.3 is 15.2 Å². The zero-order valence-electron chi connectivity index (χ0n) is 17.4. The third-order valence-corrected chi connectivity index (χ3v) is 5.79. The first-order valence-corrected chi connectivity index (χ1v) is 11.8. The number of likely N-dealkylation sites (tertiary alicyclic amines) is 1. The van der Waals surface area contributed by atoms with Crippen molar-refractivity contribution >= 4 is 17.7 Å². The van der Waals surface area contributed by atoms with Crippen LogP contribution in [0.2, 0.25) is 0 Å². The Hall–Kier alpha value is -1.57. The molecule has 0 aliphatic carbocycles. The predicted molar refractivity (Wildman–Crippen MR) is 119 cm³/mol. The lowest BCUT2D eigenvalue weighted by atomic mass is 10.1. The Morgan fingerprint density at radius 1 is 1.24 bits per heavy atom. The van der Waals surface area contributed by atoms with Gasteiger partial charge in [-0.25, -0.2) is 4.98 Å². The maximum atomic E-state index is 11.8. The van der Waals surface area contributed by atoms with Gasteiger partial charge in [0.05, 0.1) is 6.61 Å². The molecule has 2 heterocycles. The van der Waals surface area contributed by atoms with Crippen LogP contribution < -0.4 is 10.1 Å². The summed E-state index contributed by atoms with van der Waals surface area (Å²) in [5.41, 5.74) is 1.24. The van der Waals surface area contributed by atoms with Crippen LogP contribution in [0, 0.1) is 0 Å². The van der Waals surface area contributed by atoms with Gasteiger partial charge >= 0.3 is 0 Å². The van der Waals surface area contributed by atoms with Crippen molar-refractivity contribution in [2.75, 3.05) is 44.4 Å².